The highest BCUT2D eigenvalue weighted by Crippen LogP contribution is 2.60. The first-order chi connectivity index (χ1) is 10.8. The van der Waals surface area contributed by atoms with E-state index in [1.807, 2.05) is 6.92 Å². The molecule has 5 atom stereocenters. The monoisotopic (exact) mass is 318 g/mol. The molecule has 4 heteroatoms. The van der Waals surface area contributed by atoms with Crippen molar-refractivity contribution in [3.05, 3.63) is 23.8 Å². The highest BCUT2D eigenvalue weighted by molar-refractivity contribution is 5.85. The van der Waals surface area contributed by atoms with E-state index in [0.29, 0.717) is 17.3 Å². The van der Waals surface area contributed by atoms with Crippen LogP contribution in [0.5, 0.6) is 0 Å². The Labute approximate surface area is 137 Å². The van der Waals surface area contributed by atoms with Gasteiger partial charge in [0.15, 0.2) is 12.2 Å². The van der Waals surface area contributed by atoms with Gasteiger partial charge in [0.1, 0.15) is 5.60 Å². The van der Waals surface area contributed by atoms with Crippen molar-refractivity contribution in [3.63, 3.8) is 0 Å². The van der Waals surface area contributed by atoms with Crippen LogP contribution in [0.4, 0.5) is 0 Å². The minimum absolute atomic E-state index is 0.205. The van der Waals surface area contributed by atoms with E-state index in [2.05, 4.69) is 20.4 Å². The van der Waals surface area contributed by atoms with Gasteiger partial charge >= 0.3 is 5.97 Å². The van der Waals surface area contributed by atoms with E-state index in [0.717, 1.165) is 24.8 Å². The summed E-state index contributed by atoms with van der Waals surface area (Å²) in [5, 5.41) is 0. The average molecular weight is 318 g/mol. The predicted octanol–water partition coefficient (Wildman–Crippen LogP) is 3.72. The smallest absolute Gasteiger partial charge is 0.331 e. The summed E-state index contributed by atoms with van der Waals surface area (Å²) >= 11 is 0. The fourth-order valence-electron chi connectivity index (χ4n) is 5.37. The van der Waals surface area contributed by atoms with Gasteiger partial charge in [0.05, 0.1) is 0 Å². The van der Waals surface area contributed by atoms with Crippen LogP contribution in [0.2, 0.25) is 0 Å². The Morgan fingerprint density at radius 1 is 1.30 bits per heavy atom. The number of hydrogen-bond donors (Lipinski definition) is 0. The molecule has 5 unspecified atom stereocenters. The van der Waals surface area contributed by atoms with Crippen molar-refractivity contribution in [1.82, 2.24) is 0 Å². The number of esters is 1. The third-order valence-corrected chi connectivity index (χ3v) is 6.59. The van der Waals surface area contributed by atoms with Crippen molar-refractivity contribution >= 4 is 5.97 Å². The molecule has 4 nitrogen and oxygen atoms in total. The lowest BCUT2D eigenvalue weighted by molar-refractivity contribution is -0.536. The molecular formula is C19H26O4. The standard InChI is InChI=1S/C19H26O4/c1-11-8-14-13(6-5-7-18(14,3)4)19(10-11)17(22-23-19)16-12(2)9-15(20)21-16/h9,13-14,16-17H,1,5-8,10H2,2-4H3. The predicted molar refractivity (Wildman–Crippen MR) is 85.3 cm³/mol. The van der Waals surface area contributed by atoms with E-state index in [1.165, 1.54) is 18.4 Å². The molecule has 0 aromatic heterocycles. The maximum atomic E-state index is 11.6. The Morgan fingerprint density at radius 2 is 2.09 bits per heavy atom. The molecule has 1 spiro atoms. The van der Waals surface area contributed by atoms with Gasteiger partial charge in [-0.15, -0.1) is 0 Å². The normalized spacial score (nSPS) is 45.3. The van der Waals surface area contributed by atoms with Crippen molar-refractivity contribution in [2.45, 2.75) is 70.7 Å². The van der Waals surface area contributed by atoms with Crippen LogP contribution in [0.15, 0.2) is 23.8 Å². The zero-order valence-electron chi connectivity index (χ0n) is 14.3. The van der Waals surface area contributed by atoms with E-state index in [4.69, 9.17) is 14.5 Å². The zero-order valence-corrected chi connectivity index (χ0v) is 14.3. The molecule has 4 rings (SSSR count). The summed E-state index contributed by atoms with van der Waals surface area (Å²) in [4.78, 5) is 23.0. The van der Waals surface area contributed by atoms with Crippen LogP contribution in [-0.4, -0.2) is 23.8 Å². The Balaban J connectivity index is 1.67. The first kappa shape index (κ1) is 15.4. The fraction of sp³-hybridized carbons (Fsp3) is 0.737. The summed E-state index contributed by atoms with van der Waals surface area (Å²) in [5.74, 6) is 0.737. The third kappa shape index (κ3) is 2.14. The quantitative estimate of drug-likeness (QED) is 0.420. The Morgan fingerprint density at radius 3 is 2.70 bits per heavy atom. The molecular weight excluding hydrogens is 292 g/mol. The van der Waals surface area contributed by atoms with E-state index in [-0.39, 0.29) is 23.8 Å². The van der Waals surface area contributed by atoms with Crippen LogP contribution in [0.25, 0.3) is 0 Å². The van der Waals surface area contributed by atoms with Gasteiger partial charge < -0.3 is 4.74 Å². The van der Waals surface area contributed by atoms with Crippen LogP contribution >= 0.6 is 0 Å². The highest BCUT2D eigenvalue weighted by Gasteiger charge is 2.66. The minimum atomic E-state index is -0.373. The Bertz CT molecular complexity index is 590. The van der Waals surface area contributed by atoms with Crippen LogP contribution in [0, 0.1) is 17.3 Å². The van der Waals surface area contributed by atoms with Gasteiger partial charge in [0.25, 0.3) is 0 Å². The molecule has 0 aromatic carbocycles. The van der Waals surface area contributed by atoms with Crippen molar-refractivity contribution in [2.24, 2.45) is 17.3 Å². The lowest BCUT2D eigenvalue weighted by Gasteiger charge is -2.61. The van der Waals surface area contributed by atoms with Crippen molar-refractivity contribution in [1.29, 1.82) is 0 Å². The van der Waals surface area contributed by atoms with E-state index >= 15 is 0 Å². The van der Waals surface area contributed by atoms with Crippen molar-refractivity contribution in [3.8, 4) is 0 Å². The average Bonchev–Trinajstić information content (AvgIpc) is 2.76. The molecule has 0 radical (unpaired) electrons. The molecule has 2 aliphatic heterocycles. The van der Waals surface area contributed by atoms with Crippen LogP contribution in [-0.2, 0) is 19.3 Å². The van der Waals surface area contributed by atoms with Crippen molar-refractivity contribution < 1.29 is 19.3 Å². The maximum Gasteiger partial charge on any atom is 0.331 e. The van der Waals surface area contributed by atoms with Gasteiger partial charge in [0.2, 0.25) is 0 Å². The van der Waals surface area contributed by atoms with E-state index in [1.54, 1.807) is 6.08 Å². The second kappa shape index (κ2) is 4.93. The lowest BCUT2D eigenvalue weighted by atomic mass is 9.52. The van der Waals surface area contributed by atoms with Gasteiger partial charge in [-0.25, -0.2) is 14.6 Å². The number of ether oxygens (including phenoxy) is 1. The number of carbonyl (C=O) groups is 1. The maximum absolute atomic E-state index is 11.6. The van der Waals surface area contributed by atoms with Crippen molar-refractivity contribution in [2.75, 3.05) is 0 Å². The molecule has 0 amide bonds. The van der Waals surface area contributed by atoms with Gasteiger partial charge in [-0.2, -0.15) is 0 Å². The minimum Gasteiger partial charge on any atom is -0.452 e. The molecule has 1 saturated heterocycles. The largest absolute Gasteiger partial charge is 0.452 e. The Kier molecular flexibility index (Phi) is 3.30. The number of carbonyl (C=O) groups excluding carboxylic acids is 1. The third-order valence-electron chi connectivity index (χ3n) is 6.59. The first-order valence-corrected chi connectivity index (χ1v) is 8.73. The second-order valence-corrected chi connectivity index (χ2v) is 8.53. The summed E-state index contributed by atoms with van der Waals surface area (Å²) < 4.78 is 5.51. The van der Waals surface area contributed by atoms with Gasteiger partial charge in [-0.05, 0) is 49.0 Å². The summed E-state index contributed by atoms with van der Waals surface area (Å²) in [6.07, 6.45) is 6.57. The number of hydrogen-bond acceptors (Lipinski definition) is 4. The summed E-state index contributed by atoms with van der Waals surface area (Å²) in [6, 6.07) is 0. The first-order valence-electron chi connectivity index (χ1n) is 8.73. The number of rotatable bonds is 1. The number of cyclic esters (lactones) is 1. The molecule has 23 heavy (non-hydrogen) atoms. The van der Waals surface area contributed by atoms with E-state index < -0.39 is 0 Å². The van der Waals surface area contributed by atoms with Gasteiger partial charge in [-0.3, -0.25) is 0 Å². The summed E-state index contributed by atoms with van der Waals surface area (Å²) in [6.45, 7) is 11.0. The van der Waals surface area contributed by atoms with Crippen LogP contribution in [0.3, 0.4) is 0 Å². The van der Waals surface area contributed by atoms with E-state index in [9.17, 15) is 4.79 Å². The zero-order chi connectivity index (χ0) is 16.4. The molecule has 0 N–H and O–H groups in total. The molecule has 126 valence electrons. The summed E-state index contributed by atoms with van der Waals surface area (Å²) in [7, 11) is 0. The molecule has 3 fully saturated rings. The molecule has 4 aliphatic rings. The molecule has 2 aliphatic carbocycles. The topological polar surface area (TPSA) is 44.8 Å². The second-order valence-electron chi connectivity index (χ2n) is 8.53. The lowest BCUT2D eigenvalue weighted by Crippen LogP contribution is -2.69. The fourth-order valence-corrected chi connectivity index (χ4v) is 5.37. The van der Waals surface area contributed by atoms with Gasteiger partial charge in [-0.1, -0.05) is 32.4 Å². The molecule has 0 bridgehead atoms. The summed E-state index contributed by atoms with van der Waals surface area (Å²) in [5.41, 5.74) is 2.09. The number of fused-ring (bicyclic) bond motifs is 2. The van der Waals surface area contributed by atoms with Crippen LogP contribution in [0.1, 0.15) is 52.9 Å². The highest BCUT2D eigenvalue weighted by atomic mass is 17.3. The molecule has 0 aromatic rings. The molecule has 2 heterocycles. The molecule has 2 saturated carbocycles. The SMILES string of the molecule is C=C1CC2C(CCCC2(C)C)C2(C1)OOC2C1OC(=O)C=C1C. The Hall–Kier alpha value is -1.13. The van der Waals surface area contributed by atoms with Crippen LogP contribution < -0.4 is 0 Å². The van der Waals surface area contributed by atoms with Gasteiger partial charge in [0, 0.05) is 12.5 Å².